The smallest absolute Gasteiger partial charge is 0.338 e. The van der Waals surface area contributed by atoms with Gasteiger partial charge in [-0.05, 0) is 19.3 Å². The normalized spacial score (nSPS) is 43.5. The summed E-state index contributed by atoms with van der Waals surface area (Å²) in [4.78, 5) is 12.3. The van der Waals surface area contributed by atoms with Gasteiger partial charge in [-0.15, -0.1) is 0 Å². The van der Waals surface area contributed by atoms with Crippen LogP contribution >= 0.6 is 0 Å². The number of esters is 1. The minimum Gasteiger partial charge on any atom is -0.454 e. The monoisotopic (exact) mass is 502 g/mol. The molecule has 12 heteroatoms. The molecule has 0 aromatic carbocycles. The lowest BCUT2D eigenvalue weighted by Gasteiger charge is -2.42. The van der Waals surface area contributed by atoms with Gasteiger partial charge in [0.05, 0.1) is 31.5 Å². The molecule has 10 atom stereocenters. The summed E-state index contributed by atoms with van der Waals surface area (Å²) >= 11 is 0. The maximum atomic E-state index is 12.3. The average molecular weight is 503 g/mol. The second-order valence-corrected chi connectivity index (χ2v) is 9.40. The number of hydrogen-bond acceptors (Lipinski definition) is 12. The van der Waals surface area contributed by atoms with E-state index in [0.717, 1.165) is 12.8 Å². The third-order valence-electron chi connectivity index (χ3n) is 6.90. The average Bonchev–Trinajstić information content (AvgIpc) is 3.34. The van der Waals surface area contributed by atoms with Gasteiger partial charge >= 0.3 is 5.97 Å². The molecule has 0 spiro atoms. The molecule has 0 saturated carbocycles. The number of rotatable bonds is 9. The Bertz CT molecular complexity index is 829. The summed E-state index contributed by atoms with van der Waals surface area (Å²) in [5.74, 6) is -0.435. The molecule has 0 aromatic heterocycles. The molecule has 2 saturated heterocycles. The van der Waals surface area contributed by atoms with Crippen LogP contribution in [0.2, 0.25) is 0 Å². The SMILES string of the molecule is CCCC[C@@H]1OC(=O)C2=C1[C@@H](O[C@@H]1O[C@H](CO[C@@H]3OC[C@](O)(CO)[C@H]3O)[C@@H](O)[C@H](O)[C@H]1O)CC=C2. The molecule has 6 N–H and O–H groups in total. The van der Waals surface area contributed by atoms with Crippen LogP contribution in [0.5, 0.6) is 0 Å². The number of unbranched alkanes of at least 4 members (excludes halogenated alkanes) is 1. The standard InChI is InChI=1S/C23H34O12/c1-2-3-6-12-15-11(20(29)33-12)5-4-7-13(15)34-21-18(27)17(26)16(25)14(35-21)8-31-22-19(28)23(30,9-24)10-32-22/h4-5,12-14,16-19,21-22,24-28,30H,2-3,6-10H2,1H3/t12-,13-,14+,16+,17-,18+,19-,21+,22+,23+/m0/s1. The van der Waals surface area contributed by atoms with Crippen LogP contribution < -0.4 is 0 Å². The van der Waals surface area contributed by atoms with Crippen molar-refractivity contribution in [2.75, 3.05) is 19.8 Å². The summed E-state index contributed by atoms with van der Waals surface area (Å²) < 4.78 is 27.9. The quantitative estimate of drug-likeness (QED) is 0.191. The van der Waals surface area contributed by atoms with Crippen molar-refractivity contribution in [1.29, 1.82) is 0 Å². The number of aliphatic hydroxyl groups excluding tert-OH is 5. The first-order valence-corrected chi connectivity index (χ1v) is 11.9. The Balaban J connectivity index is 1.42. The van der Waals surface area contributed by atoms with Gasteiger partial charge in [0.25, 0.3) is 0 Å². The lowest BCUT2D eigenvalue weighted by molar-refractivity contribution is -0.316. The summed E-state index contributed by atoms with van der Waals surface area (Å²) in [5, 5.41) is 60.8. The molecular weight excluding hydrogens is 468 g/mol. The summed E-state index contributed by atoms with van der Waals surface area (Å²) in [6.45, 7) is 0.550. The van der Waals surface area contributed by atoms with Crippen LogP contribution in [-0.2, 0) is 28.5 Å². The van der Waals surface area contributed by atoms with Crippen molar-refractivity contribution in [3.8, 4) is 0 Å². The van der Waals surface area contributed by atoms with E-state index in [1.165, 1.54) is 0 Å². The van der Waals surface area contributed by atoms with Gasteiger partial charge in [-0.1, -0.05) is 25.5 Å². The zero-order chi connectivity index (χ0) is 25.3. The predicted molar refractivity (Wildman–Crippen MR) is 115 cm³/mol. The van der Waals surface area contributed by atoms with Crippen molar-refractivity contribution in [3.63, 3.8) is 0 Å². The van der Waals surface area contributed by atoms with E-state index in [9.17, 15) is 35.4 Å². The van der Waals surface area contributed by atoms with Crippen LogP contribution in [0.1, 0.15) is 32.6 Å². The van der Waals surface area contributed by atoms with Crippen LogP contribution in [0.15, 0.2) is 23.3 Å². The van der Waals surface area contributed by atoms with Gasteiger partial charge in [-0.25, -0.2) is 4.79 Å². The Kier molecular flexibility index (Phi) is 8.28. The topological polar surface area (TPSA) is 185 Å². The van der Waals surface area contributed by atoms with Gasteiger partial charge < -0.3 is 54.3 Å². The highest BCUT2D eigenvalue weighted by molar-refractivity contribution is 5.96. The van der Waals surface area contributed by atoms with Gasteiger partial charge in [-0.2, -0.15) is 0 Å². The van der Waals surface area contributed by atoms with Crippen molar-refractivity contribution < 1.29 is 59.1 Å². The van der Waals surface area contributed by atoms with Crippen molar-refractivity contribution in [3.05, 3.63) is 23.3 Å². The van der Waals surface area contributed by atoms with E-state index in [1.807, 2.05) is 6.92 Å². The molecule has 0 aromatic rings. The van der Waals surface area contributed by atoms with E-state index in [2.05, 4.69) is 0 Å². The number of hydrogen-bond donors (Lipinski definition) is 6. The third kappa shape index (κ3) is 5.18. The van der Waals surface area contributed by atoms with Gasteiger partial charge in [0.1, 0.15) is 42.2 Å². The summed E-state index contributed by atoms with van der Waals surface area (Å²) in [6, 6.07) is 0. The molecule has 1 aliphatic carbocycles. The molecule has 198 valence electrons. The van der Waals surface area contributed by atoms with Crippen molar-refractivity contribution in [2.45, 2.75) is 93.5 Å². The lowest BCUT2D eigenvalue weighted by atomic mass is 9.90. The minimum atomic E-state index is -1.88. The molecule has 4 aliphatic rings. The second kappa shape index (κ2) is 10.9. The molecule has 0 amide bonds. The fourth-order valence-electron chi connectivity index (χ4n) is 4.71. The highest BCUT2D eigenvalue weighted by Gasteiger charge is 2.50. The van der Waals surface area contributed by atoms with E-state index in [1.54, 1.807) is 12.2 Å². The zero-order valence-electron chi connectivity index (χ0n) is 19.4. The number of aliphatic hydroxyl groups is 6. The first-order valence-electron chi connectivity index (χ1n) is 11.9. The highest BCUT2D eigenvalue weighted by atomic mass is 16.7. The summed E-state index contributed by atoms with van der Waals surface area (Å²) in [6.07, 6.45) is -5.01. The lowest BCUT2D eigenvalue weighted by Crippen LogP contribution is -2.60. The molecule has 0 radical (unpaired) electrons. The molecule has 3 heterocycles. The second-order valence-electron chi connectivity index (χ2n) is 9.40. The molecular formula is C23H34O12. The van der Waals surface area contributed by atoms with Gasteiger partial charge in [0.15, 0.2) is 12.6 Å². The molecule has 2 fully saturated rings. The van der Waals surface area contributed by atoms with E-state index in [-0.39, 0.29) is 13.2 Å². The maximum absolute atomic E-state index is 12.3. The van der Waals surface area contributed by atoms with Crippen LogP contribution in [-0.4, -0.2) is 117 Å². The summed E-state index contributed by atoms with van der Waals surface area (Å²) in [5.41, 5.74) is -0.801. The zero-order valence-corrected chi connectivity index (χ0v) is 19.4. The minimum absolute atomic E-state index is 0.358. The molecule has 4 rings (SSSR count). The maximum Gasteiger partial charge on any atom is 0.338 e. The van der Waals surface area contributed by atoms with Crippen LogP contribution in [0.3, 0.4) is 0 Å². The Hall–Kier alpha value is -1.45. The van der Waals surface area contributed by atoms with Crippen molar-refractivity contribution in [1.82, 2.24) is 0 Å². The number of cyclic esters (lactones) is 1. The molecule has 0 unspecified atom stereocenters. The highest BCUT2D eigenvalue weighted by Crippen LogP contribution is 2.37. The molecule has 0 bridgehead atoms. The van der Waals surface area contributed by atoms with Crippen LogP contribution in [0.4, 0.5) is 0 Å². The van der Waals surface area contributed by atoms with Gasteiger partial charge in [0.2, 0.25) is 0 Å². The fraction of sp³-hybridized carbons (Fsp3) is 0.783. The number of carbonyl (C=O) groups is 1. The third-order valence-corrected chi connectivity index (χ3v) is 6.90. The molecule has 35 heavy (non-hydrogen) atoms. The summed E-state index contributed by atoms with van der Waals surface area (Å²) in [7, 11) is 0. The Labute approximate surface area is 202 Å². The van der Waals surface area contributed by atoms with Crippen molar-refractivity contribution in [2.24, 2.45) is 0 Å². The van der Waals surface area contributed by atoms with E-state index >= 15 is 0 Å². The van der Waals surface area contributed by atoms with Crippen LogP contribution in [0, 0.1) is 0 Å². The predicted octanol–water partition coefficient (Wildman–Crippen LogP) is -1.99. The van der Waals surface area contributed by atoms with Gasteiger partial charge in [0, 0.05) is 5.57 Å². The number of carbonyl (C=O) groups excluding carboxylic acids is 1. The van der Waals surface area contributed by atoms with Gasteiger partial charge in [-0.3, -0.25) is 0 Å². The molecule has 12 nitrogen and oxygen atoms in total. The van der Waals surface area contributed by atoms with E-state index in [4.69, 9.17) is 23.7 Å². The van der Waals surface area contributed by atoms with E-state index in [0.29, 0.717) is 24.0 Å². The Morgan fingerprint density at radius 2 is 1.91 bits per heavy atom. The first-order chi connectivity index (χ1) is 16.7. The fourth-order valence-corrected chi connectivity index (χ4v) is 4.71. The van der Waals surface area contributed by atoms with E-state index < -0.39 is 73.5 Å². The van der Waals surface area contributed by atoms with Crippen molar-refractivity contribution >= 4 is 5.97 Å². The first kappa shape index (κ1) is 26.6. The van der Waals surface area contributed by atoms with Crippen LogP contribution in [0.25, 0.3) is 0 Å². The molecule has 3 aliphatic heterocycles. The largest absolute Gasteiger partial charge is 0.454 e. The Morgan fingerprint density at radius 1 is 1.14 bits per heavy atom. The number of ether oxygens (including phenoxy) is 5. The Morgan fingerprint density at radius 3 is 2.60 bits per heavy atom.